The zero-order valence-electron chi connectivity index (χ0n) is 7.56. The summed E-state index contributed by atoms with van der Waals surface area (Å²) < 4.78 is 0. The highest BCUT2D eigenvalue weighted by molar-refractivity contribution is 5.02. The first-order valence-corrected chi connectivity index (χ1v) is 4.61. The van der Waals surface area contributed by atoms with Gasteiger partial charge in [-0.15, -0.1) is 0 Å². The average molecular weight is 157 g/mol. The molecule has 2 nitrogen and oxygen atoms in total. The van der Waals surface area contributed by atoms with Crippen molar-refractivity contribution in [3.63, 3.8) is 0 Å². The lowest BCUT2D eigenvalue weighted by atomic mass is 10.1. The molecule has 0 radical (unpaired) electrons. The molecule has 1 atom stereocenters. The van der Waals surface area contributed by atoms with Crippen molar-refractivity contribution >= 4 is 0 Å². The molecule has 2 N–H and O–H groups in total. The first-order valence-electron chi connectivity index (χ1n) is 4.61. The number of aliphatic hydroxyl groups is 1. The van der Waals surface area contributed by atoms with Crippen LogP contribution in [0.3, 0.4) is 0 Å². The number of hydrogen-bond donors (Lipinski definition) is 2. The van der Waals surface area contributed by atoms with Gasteiger partial charge in [-0.25, -0.2) is 0 Å². The van der Waals surface area contributed by atoms with Crippen LogP contribution in [-0.2, 0) is 0 Å². The zero-order valence-corrected chi connectivity index (χ0v) is 7.56. The summed E-state index contributed by atoms with van der Waals surface area (Å²) in [5.41, 5.74) is 0.120. The van der Waals surface area contributed by atoms with Gasteiger partial charge in [-0.1, -0.05) is 13.3 Å². The highest BCUT2D eigenvalue weighted by atomic mass is 16.3. The lowest BCUT2D eigenvalue weighted by Gasteiger charge is -2.20. The maximum absolute atomic E-state index is 9.01. The minimum Gasteiger partial charge on any atom is -0.394 e. The van der Waals surface area contributed by atoms with E-state index in [1.165, 1.54) is 12.8 Å². The van der Waals surface area contributed by atoms with E-state index in [0.29, 0.717) is 12.6 Å². The molecule has 0 aromatic carbocycles. The lowest BCUT2D eigenvalue weighted by molar-refractivity contribution is 0.218. The van der Waals surface area contributed by atoms with Gasteiger partial charge in [0, 0.05) is 11.6 Å². The predicted molar refractivity (Wildman–Crippen MR) is 46.6 cm³/mol. The standard InChI is InChI=1S/C9H19NO/c1-3-4-8(2)10-9(7-11)5-6-9/h8,10-11H,3-7H2,1-2H3. The molecule has 0 aromatic rings. The molecule has 0 aliphatic heterocycles. The predicted octanol–water partition coefficient (Wildman–Crippen LogP) is 1.29. The molecule has 0 saturated heterocycles. The van der Waals surface area contributed by atoms with Crippen molar-refractivity contribution in [1.29, 1.82) is 0 Å². The van der Waals surface area contributed by atoms with E-state index in [0.717, 1.165) is 12.8 Å². The van der Waals surface area contributed by atoms with Crippen LogP contribution in [-0.4, -0.2) is 23.3 Å². The van der Waals surface area contributed by atoms with Crippen LogP contribution in [0.5, 0.6) is 0 Å². The molecule has 1 aliphatic carbocycles. The minimum atomic E-state index is 0.120. The van der Waals surface area contributed by atoms with Gasteiger partial charge >= 0.3 is 0 Å². The molecular weight excluding hydrogens is 138 g/mol. The molecule has 1 unspecified atom stereocenters. The Balaban J connectivity index is 2.18. The van der Waals surface area contributed by atoms with Gasteiger partial charge in [-0.2, -0.15) is 0 Å². The van der Waals surface area contributed by atoms with Crippen LogP contribution in [0.25, 0.3) is 0 Å². The molecule has 1 rings (SSSR count). The van der Waals surface area contributed by atoms with Crippen molar-refractivity contribution in [2.45, 2.75) is 51.1 Å². The molecule has 1 fully saturated rings. The Morgan fingerprint density at radius 1 is 1.55 bits per heavy atom. The largest absolute Gasteiger partial charge is 0.394 e. The van der Waals surface area contributed by atoms with Crippen molar-refractivity contribution in [3.05, 3.63) is 0 Å². The van der Waals surface area contributed by atoms with E-state index in [2.05, 4.69) is 19.2 Å². The Kier molecular flexibility index (Phi) is 2.90. The van der Waals surface area contributed by atoms with Gasteiger partial charge < -0.3 is 10.4 Å². The molecule has 66 valence electrons. The van der Waals surface area contributed by atoms with Crippen molar-refractivity contribution in [3.8, 4) is 0 Å². The van der Waals surface area contributed by atoms with E-state index in [-0.39, 0.29) is 5.54 Å². The quantitative estimate of drug-likeness (QED) is 0.630. The van der Waals surface area contributed by atoms with E-state index < -0.39 is 0 Å². The Morgan fingerprint density at radius 3 is 2.55 bits per heavy atom. The van der Waals surface area contributed by atoms with Crippen LogP contribution in [0.1, 0.15) is 39.5 Å². The number of hydrogen-bond acceptors (Lipinski definition) is 2. The fourth-order valence-corrected chi connectivity index (χ4v) is 1.53. The normalized spacial score (nSPS) is 23.2. The minimum absolute atomic E-state index is 0.120. The van der Waals surface area contributed by atoms with Crippen LogP contribution >= 0.6 is 0 Å². The second-order valence-corrected chi connectivity index (χ2v) is 3.77. The maximum atomic E-state index is 9.01. The number of aliphatic hydroxyl groups excluding tert-OH is 1. The molecule has 2 heteroatoms. The summed E-state index contributed by atoms with van der Waals surface area (Å²) in [6.07, 6.45) is 4.73. The second kappa shape index (κ2) is 3.55. The SMILES string of the molecule is CCCC(C)NC1(CO)CC1. The topological polar surface area (TPSA) is 32.3 Å². The fraction of sp³-hybridized carbons (Fsp3) is 1.00. The van der Waals surface area contributed by atoms with Gasteiger partial charge in [0.05, 0.1) is 6.61 Å². The Labute approximate surface area is 69.0 Å². The van der Waals surface area contributed by atoms with Crippen LogP contribution in [0.15, 0.2) is 0 Å². The van der Waals surface area contributed by atoms with Gasteiger partial charge in [0.2, 0.25) is 0 Å². The van der Waals surface area contributed by atoms with Crippen molar-refractivity contribution in [2.24, 2.45) is 0 Å². The summed E-state index contributed by atoms with van der Waals surface area (Å²) in [6.45, 7) is 4.69. The molecule has 1 aliphatic rings. The number of nitrogens with one attached hydrogen (secondary N) is 1. The number of rotatable bonds is 5. The van der Waals surface area contributed by atoms with E-state index in [4.69, 9.17) is 5.11 Å². The molecule has 0 spiro atoms. The summed E-state index contributed by atoms with van der Waals surface area (Å²) in [5.74, 6) is 0. The Morgan fingerprint density at radius 2 is 2.18 bits per heavy atom. The summed E-state index contributed by atoms with van der Waals surface area (Å²) in [4.78, 5) is 0. The molecule has 11 heavy (non-hydrogen) atoms. The third-order valence-corrected chi connectivity index (χ3v) is 2.43. The van der Waals surface area contributed by atoms with Crippen LogP contribution in [0.2, 0.25) is 0 Å². The van der Waals surface area contributed by atoms with E-state index >= 15 is 0 Å². The summed E-state index contributed by atoms with van der Waals surface area (Å²) >= 11 is 0. The van der Waals surface area contributed by atoms with Crippen molar-refractivity contribution < 1.29 is 5.11 Å². The monoisotopic (exact) mass is 157 g/mol. The van der Waals surface area contributed by atoms with Gasteiger partial charge in [-0.05, 0) is 26.2 Å². The molecule has 0 amide bonds. The summed E-state index contributed by atoms with van der Waals surface area (Å²) in [6, 6.07) is 0.564. The van der Waals surface area contributed by atoms with Gasteiger partial charge in [0.25, 0.3) is 0 Å². The highest BCUT2D eigenvalue weighted by Gasteiger charge is 2.42. The average Bonchev–Trinajstić information content (AvgIpc) is 2.70. The van der Waals surface area contributed by atoms with Crippen LogP contribution in [0, 0.1) is 0 Å². The zero-order chi connectivity index (χ0) is 8.32. The lowest BCUT2D eigenvalue weighted by Crippen LogP contribution is -2.40. The first kappa shape index (κ1) is 9.01. The van der Waals surface area contributed by atoms with E-state index in [1.54, 1.807) is 0 Å². The fourth-order valence-electron chi connectivity index (χ4n) is 1.53. The van der Waals surface area contributed by atoms with Crippen LogP contribution < -0.4 is 5.32 Å². The van der Waals surface area contributed by atoms with E-state index in [1.807, 2.05) is 0 Å². The molecule has 0 bridgehead atoms. The molecule has 0 aromatic heterocycles. The van der Waals surface area contributed by atoms with Crippen LogP contribution in [0.4, 0.5) is 0 Å². The van der Waals surface area contributed by atoms with Crippen molar-refractivity contribution in [1.82, 2.24) is 5.32 Å². The molecular formula is C9H19NO. The highest BCUT2D eigenvalue weighted by Crippen LogP contribution is 2.35. The first-order chi connectivity index (χ1) is 5.22. The Hall–Kier alpha value is -0.0800. The third-order valence-electron chi connectivity index (χ3n) is 2.43. The smallest absolute Gasteiger partial charge is 0.0613 e. The van der Waals surface area contributed by atoms with Gasteiger partial charge in [0.15, 0.2) is 0 Å². The molecule has 0 heterocycles. The summed E-state index contributed by atoms with van der Waals surface area (Å²) in [5, 5.41) is 12.5. The van der Waals surface area contributed by atoms with E-state index in [9.17, 15) is 0 Å². The van der Waals surface area contributed by atoms with Gasteiger partial charge in [-0.3, -0.25) is 0 Å². The summed E-state index contributed by atoms with van der Waals surface area (Å²) in [7, 11) is 0. The second-order valence-electron chi connectivity index (χ2n) is 3.77. The van der Waals surface area contributed by atoms with Crippen molar-refractivity contribution in [2.75, 3.05) is 6.61 Å². The maximum Gasteiger partial charge on any atom is 0.0613 e. The molecule has 1 saturated carbocycles. The third kappa shape index (κ3) is 2.46. The van der Waals surface area contributed by atoms with Gasteiger partial charge in [0.1, 0.15) is 0 Å². The Bertz CT molecular complexity index is 121.